The predicted molar refractivity (Wildman–Crippen MR) is 99.6 cm³/mol. The summed E-state index contributed by atoms with van der Waals surface area (Å²) in [5.41, 5.74) is 1.32. The quantitative estimate of drug-likeness (QED) is 0.497. The Kier molecular flexibility index (Phi) is 4.62. The van der Waals surface area contributed by atoms with Crippen LogP contribution < -0.4 is 0 Å². The zero-order valence-electron chi connectivity index (χ0n) is 15.2. The first-order chi connectivity index (χ1) is 13.5. The highest BCUT2D eigenvalue weighted by atomic mass is 19.4. The van der Waals surface area contributed by atoms with Gasteiger partial charge in [0.1, 0.15) is 17.2 Å². The lowest BCUT2D eigenvalue weighted by molar-refractivity contribution is -0.137. The molecule has 0 saturated carbocycles. The molecule has 0 N–H and O–H groups in total. The van der Waals surface area contributed by atoms with Crippen molar-refractivity contribution in [2.24, 2.45) is 0 Å². The van der Waals surface area contributed by atoms with Crippen LogP contribution in [0.3, 0.4) is 0 Å². The van der Waals surface area contributed by atoms with Crippen LogP contribution in [0.2, 0.25) is 0 Å². The van der Waals surface area contributed by atoms with Crippen LogP contribution in [0.1, 0.15) is 24.7 Å². The lowest BCUT2D eigenvalue weighted by atomic mass is 10.1. The minimum Gasteiger partial charge on any atom is -0.323 e. The summed E-state index contributed by atoms with van der Waals surface area (Å²) in [6, 6.07) is 8.94. The van der Waals surface area contributed by atoms with E-state index in [1.807, 2.05) is 21.3 Å². The molecule has 3 heterocycles. The Bertz CT molecular complexity index is 1110. The number of aryl methyl sites for hydroxylation is 1. The summed E-state index contributed by atoms with van der Waals surface area (Å²) >= 11 is 0. The van der Waals surface area contributed by atoms with Gasteiger partial charge in [-0.3, -0.25) is 0 Å². The molecule has 5 nitrogen and oxygen atoms in total. The van der Waals surface area contributed by atoms with E-state index in [1.54, 1.807) is 24.7 Å². The molecule has 0 saturated heterocycles. The lowest BCUT2D eigenvalue weighted by Crippen LogP contribution is -2.10. The van der Waals surface area contributed by atoms with Crippen LogP contribution in [0.5, 0.6) is 0 Å². The topological polar surface area (TPSA) is 48.5 Å². The molecule has 144 valence electrons. The van der Waals surface area contributed by atoms with Crippen molar-refractivity contribution in [3.8, 4) is 11.4 Å². The minimum absolute atomic E-state index is 0.391. The van der Waals surface area contributed by atoms with E-state index in [4.69, 9.17) is 0 Å². The van der Waals surface area contributed by atoms with Crippen molar-refractivity contribution in [3.05, 3.63) is 66.4 Å². The number of imidazole rings is 2. The van der Waals surface area contributed by atoms with Crippen LogP contribution in [0.15, 0.2) is 55.0 Å². The highest BCUT2D eigenvalue weighted by Gasteiger charge is 2.30. The Labute approximate surface area is 159 Å². The smallest absolute Gasteiger partial charge is 0.323 e. The minimum atomic E-state index is -4.39. The number of nitrogens with zero attached hydrogens (tertiary/aromatic N) is 5. The number of fused-ring (bicyclic) bond motifs is 1. The van der Waals surface area contributed by atoms with Crippen molar-refractivity contribution >= 4 is 11.2 Å². The molecule has 0 aliphatic heterocycles. The molecule has 3 aromatic heterocycles. The molecule has 4 rings (SSSR count). The molecule has 8 heteroatoms. The molecule has 0 bridgehead atoms. The second kappa shape index (κ2) is 7.10. The first kappa shape index (κ1) is 18.2. The van der Waals surface area contributed by atoms with Crippen LogP contribution in [0, 0.1) is 0 Å². The fraction of sp³-hybridized carbons (Fsp3) is 0.250. The monoisotopic (exact) mass is 385 g/mol. The fourth-order valence-electron chi connectivity index (χ4n) is 3.27. The third-order valence-corrected chi connectivity index (χ3v) is 4.51. The molecule has 0 aliphatic carbocycles. The van der Waals surface area contributed by atoms with Crippen LogP contribution in [0.25, 0.3) is 22.6 Å². The summed E-state index contributed by atoms with van der Waals surface area (Å²) in [6.45, 7) is 3.22. The first-order valence-electron chi connectivity index (χ1n) is 8.96. The SMILES string of the molecule is CCCn1c(Cn2ccnc2-c2cccc(C(F)(F)F)c2)nc2cccnc21. The van der Waals surface area contributed by atoms with E-state index in [-0.39, 0.29) is 0 Å². The maximum absolute atomic E-state index is 13.1. The third-order valence-electron chi connectivity index (χ3n) is 4.51. The van der Waals surface area contributed by atoms with Crippen LogP contribution >= 0.6 is 0 Å². The van der Waals surface area contributed by atoms with Gasteiger partial charge >= 0.3 is 6.18 Å². The van der Waals surface area contributed by atoms with Crippen molar-refractivity contribution in [3.63, 3.8) is 0 Å². The number of halogens is 3. The Morgan fingerprint density at radius 2 is 1.89 bits per heavy atom. The molecule has 0 radical (unpaired) electrons. The summed E-state index contributed by atoms with van der Waals surface area (Å²) < 4.78 is 43.1. The van der Waals surface area contributed by atoms with E-state index in [0.29, 0.717) is 17.9 Å². The van der Waals surface area contributed by atoms with Crippen LogP contribution in [-0.4, -0.2) is 24.1 Å². The molecular formula is C20H18F3N5. The maximum atomic E-state index is 13.1. The molecule has 4 aromatic rings. The van der Waals surface area contributed by atoms with Gasteiger partial charge in [-0.15, -0.1) is 0 Å². The van der Waals surface area contributed by atoms with Crippen molar-refractivity contribution < 1.29 is 13.2 Å². The number of rotatable bonds is 5. The Morgan fingerprint density at radius 3 is 2.68 bits per heavy atom. The van der Waals surface area contributed by atoms with Gasteiger partial charge in [0.15, 0.2) is 5.65 Å². The van der Waals surface area contributed by atoms with E-state index in [1.165, 1.54) is 6.07 Å². The van der Waals surface area contributed by atoms with E-state index in [9.17, 15) is 13.2 Å². The standard InChI is InChI=1S/C20H18F3N5/c1-2-10-28-17(26-16-7-4-8-24-19(16)28)13-27-11-9-25-18(27)14-5-3-6-15(12-14)20(21,22)23/h3-9,11-12H,2,10,13H2,1H3. The van der Waals surface area contributed by atoms with E-state index in [2.05, 4.69) is 21.9 Å². The summed E-state index contributed by atoms with van der Waals surface area (Å²) in [5, 5.41) is 0. The summed E-state index contributed by atoms with van der Waals surface area (Å²) in [7, 11) is 0. The molecule has 28 heavy (non-hydrogen) atoms. The number of hydrogen-bond donors (Lipinski definition) is 0. The predicted octanol–water partition coefficient (Wildman–Crippen LogP) is 4.77. The molecule has 0 aliphatic rings. The Morgan fingerprint density at radius 1 is 1.04 bits per heavy atom. The number of pyridine rings is 1. The van der Waals surface area contributed by atoms with Crippen molar-refractivity contribution in [1.82, 2.24) is 24.1 Å². The molecule has 0 spiro atoms. The summed E-state index contributed by atoms with van der Waals surface area (Å²) in [4.78, 5) is 13.4. The van der Waals surface area contributed by atoms with Crippen molar-refractivity contribution in [1.29, 1.82) is 0 Å². The average molecular weight is 385 g/mol. The highest BCUT2D eigenvalue weighted by molar-refractivity contribution is 5.71. The van der Waals surface area contributed by atoms with Gasteiger partial charge in [-0.05, 0) is 30.7 Å². The number of aromatic nitrogens is 5. The molecular weight excluding hydrogens is 367 g/mol. The number of alkyl halides is 3. The van der Waals surface area contributed by atoms with Gasteiger partial charge < -0.3 is 9.13 Å². The van der Waals surface area contributed by atoms with E-state index < -0.39 is 11.7 Å². The number of benzene rings is 1. The molecule has 0 amide bonds. The van der Waals surface area contributed by atoms with Gasteiger partial charge in [-0.1, -0.05) is 19.1 Å². The molecule has 0 fully saturated rings. The fourth-order valence-corrected chi connectivity index (χ4v) is 3.27. The summed E-state index contributed by atoms with van der Waals surface area (Å²) in [6.07, 6.45) is 1.58. The van der Waals surface area contributed by atoms with Gasteiger partial charge in [-0.25, -0.2) is 15.0 Å². The van der Waals surface area contributed by atoms with Crippen molar-refractivity contribution in [2.75, 3.05) is 0 Å². The zero-order valence-corrected chi connectivity index (χ0v) is 15.2. The zero-order chi connectivity index (χ0) is 19.7. The van der Waals surface area contributed by atoms with Gasteiger partial charge in [0, 0.05) is 30.7 Å². The largest absolute Gasteiger partial charge is 0.416 e. The lowest BCUT2D eigenvalue weighted by Gasteiger charge is -2.12. The average Bonchev–Trinajstić information content (AvgIpc) is 3.27. The second-order valence-electron chi connectivity index (χ2n) is 6.48. The van der Waals surface area contributed by atoms with E-state index in [0.717, 1.165) is 42.1 Å². The number of hydrogen-bond acceptors (Lipinski definition) is 3. The van der Waals surface area contributed by atoms with Crippen LogP contribution in [0.4, 0.5) is 13.2 Å². The van der Waals surface area contributed by atoms with Gasteiger partial charge in [0.2, 0.25) is 0 Å². The van der Waals surface area contributed by atoms with Crippen LogP contribution in [-0.2, 0) is 19.3 Å². The van der Waals surface area contributed by atoms with Crippen molar-refractivity contribution in [2.45, 2.75) is 32.6 Å². The molecule has 0 atom stereocenters. The normalized spacial score (nSPS) is 12.0. The molecule has 1 aromatic carbocycles. The van der Waals surface area contributed by atoms with E-state index >= 15 is 0 Å². The second-order valence-corrected chi connectivity index (χ2v) is 6.48. The summed E-state index contributed by atoms with van der Waals surface area (Å²) in [5.74, 6) is 1.26. The maximum Gasteiger partial charge on any atom is 0.416 e. The Hall–Kier alpha value is -3.16. The van der Waals surface area contributed by atoms with Gasteiger partial charge in [0.25, 0.3) is 0 Å². The highest BCUT2D eigenvalue weighted by Crippen LogP contribution is 2.32. The molecule has 0 unspecified atom stereocenters. The Balaban J connectivity index is 1.74. The first-order valence-corrected chi connectivity index (χ1v) is 8.96. The van der Waals surface area contributed by atoms with Gasteiger partial charge in [-0.2, -0.15) is 13.2 Å². The third kappa shape index (κ3) is 3.37. The van der Waals surface area contributed by atoms with Gasteiger partial charge in [0.05, 0.1) is 12.1 Å².